The number of esters is 10. The maximum absolute atomic E-state index is 12.3. The molecule has 0 aliphatic carbocycles. The van der Waals surface area contributed by atoms with Crippen molar-refractivity contribution in [2.45, 2.75) is 189 Å². The second-order valence-electron chi connectivity index (χ2n) is 32.1. The summed E-state index contributed by atoms with van der Waals surface area (Å²) < 4.78 is 74.5. The number of ether oxygens (including phenoxy) is 15. The molecule has 8 N–H and O–H groups in total. The van der Waals surface area contributed by atoms with Gasteiger partial charge >= 0.3 is 59.7 Å². The molecule has 44 nitrogen and oxygen atoms in total. The van der Waals surface area contributed by atoms with E-state index in [9.17, 15) is 111 Å². The van der Waals surface area contributed by atoms with Crippen LogP contribution in [0, 0.1) is 5.41 Å². The summed E-state index contributed by atoms with van der Waals surface area (Å²) in [4.78, 5) is 240. The number of ketones is 5. The van der Waals surface area contributed by atoms with E-state index in [1.165, 1.54) is 65.8 Å². The topological polar surface area (TPSA) is 610 Å². The lowest BCUT2D eigenvalue weighted by Gasteiger charge is -2.16. The number of benzene rings is 3. The minimum atomic E-state index is -1.49. The molecular formula is C98H140N6O38. The van der Waals surface area contributed by atoms with Crippen LogP contribution in [0.2, 0.25) is 0 Å². The summed E-state index contributed by atoms with van der Waals surface area (Å²) in [5, 5.41) is 34.2. The molecule has 0 spiro atoms. The van der Waals surface area contributed by atoms with Gasteiger partial charge in [-0.3, -0.25) is 86.3 Å². The molecule has 0 unspecified atom stereocenters. The van der Waals surface area contributed by atoms with Crippen LogP contribution < -0.4 is 46.1 Å². The Hall–Kier alpha value is -14.0. The van der Waals surface area contributed by atoms with Crippen molar-refractivity contribution in [1.29, 1.82) is 0 Å². The van der Waals surface area contributed by atoms with Crippen molar-refractivity contribution in [2.24, 2.45) is 5.41 Å². The van der Waals surface area contributed by atoms with E-state index in [4.69, 9.17) is 56.8 Å². The van der Waals surface area contributed by atoms with E-state index in [0.717, 1.165) is 56.8 Å². The van der Waals surface area contributed by atoms with E-state index >= 15 is 0 Å². The number of hydrogen-bond acceptors (Lipinski definition) is 38. The van der Waals surface area contributed by atoms with Crippen molar-refractivity contribution in [1.82, 2.24) is 31.9 Å². The number of aliphatic hydroxyl groups is 2. The minimum Gasteiger partial charge on any atom is -0.490 e. The number of hydrogen-bond donors (Lipinski definition) is 8. The average Bonchev–Trinajstić information content (AvgIpc) is 0.856. The van der Waals surface area contributed by atoms with Crippen LogP contribution >= 0.6 is 0 Å². The van der Waals surface area contributed by atoms with Gasteiger partial charge in [0, 0.05) is 126 Å². The van der Waals surface area contributed by atoms with Crippen LogP contribution in [-0.2, 0) is 143 Å². The van der Waals surface area contributed by atoms with Gasteiger partial charge in [0.15, 0.2) is 17.3 Å². The third-order valence-electron chi connectivity index (χ3n) is 17.4. The molecule has 6 amide bonds. The second-order valence-corrected chi connectivity index (χ2v) is 32.1. The van der Waals surface area contributed by atoms with E-state index in [0.29, 0.717) is 79.3 Å². The first-order valence-corrected chi connectivity index (χ1v) is 45.5. The summed E-state index contributed by atoms with van der Waals surface area (Å²) in [5.74, 6) is -8.60. The first kappa shape index (κ1) is 130. The van der Waals surface area contributed by atoms with Crippen LogP contribution in [-0.4, -0.2) is 298 Å². The number of amides is 6. The Bertz CT molecular complexity index is 4300. The fourth-order valence-electron chi connectivity index (χ4n) is 10.4. The Balaban J connectivity index is 0. The monoisotopic (exact) mass is 2010 g/mol. The van der Waals surface area contributed by atoms with Crippen molar-refractivity contribution in [2.75, 3.05) is 153 Å². The standard InChI is InChI=1S/C33H42N2O11.C21H28N2O8.C20H30N2O9.2C12H20O5/c1-32(2,3)30(40)22-6-10-24(11-7-22)43-16-18-45-28(38)20-26(36)34-14-15-35-27(37)21-29(39)46-19-17-44-25-12-8-23(9-13-25)31(41)33(4,5)42;1-14(24)12-17(25)22-8-9-23-18(26)13-19(27)31-11-10-30-16-6-4-15(5-7-16)20(28)21(2,3)29;1-3-18(26)30-11-12-31-19(27)7-5-4-6-10-29-20(28)14-17(25)22-9-8-21-16(24)13-15(2)23;2*1-3-11(13)16-9-10-17-12(14)7-5-4-6-8-15-2/h6-13,42H,14-21H2,1-5H3,(H,34,36)(H,35,37);4-7,29H,8-13H2,1-3H3,(H,22,25)(H,23,26);3H,1,4-14H2,2H3,(H,21,24)(H,22,25);2*3H,1,4-10H2,2H3. The van der Waals surface area contributed by atoms with Crippen LogP contribution in [0.3, 0.4) is 0 Å². The zero-order valence-corrected chi connectivity index (χ0v) is 83.0. The van der Waals surface area contributed by atoms with Gasteiger partial charge in [0.1, 0.15) is 145 Å². The lowest BCUT2D eigenvalue weighted by atomic mass is 9.86. The van der Waals surface area contributed by atoms with Crippen LogP contribution in [0.1, 0.15) is 209 Å². The molecule has 3 aromatic rings. The number of nitrogens with one attached hydrogen (secondary N) is 6. The van der Waals surface area contributed by atoms with Gasteiger partial charge in [-0.2, -0.15) is 0 Å². The van der Waals surface area contributed by atoms with Gasteiger partial charge in [-0.15, -0.1) is 0 Å². The van der Waals surface area contributed by atoms with Gasteiger partial charge < -0.3 is 113 Å². The van der Waals surface area contributed by atoms with Gasteiger partial charge in [0.25, 0.3) is 0 Å². The van der Waals surface area contributed by atoms with Gasteiger partial charge in [-0.05, 0) is 159 Å². The van der Waals surface area contributed by atoms with Gasteiger partial charge in [0.05, 0.1) is 19.4 Å². The molecule has 0 heterocycles. The molecule has 0 saturated heterocycles. The summed E-state index contributed by atoms with van der Waals surface area (Å²) in [6, 6.07) is 18.9. The molecule has 0 aromatic heterocycles. The van der Waals surface area contributed by atoms with Gasteiger partial charge in [-0.25, -0.2) is 14.4 Å². The Labute approximate surface area is 826 Å². The molecule has 0 aliphatic heterocycles. The number of rotatable bonds is 68. The van der Waals surface area contributed by atoms with Crippen LogP contribution in [0.5, 0.6) is 17.2 Å². The van der Waals surface area contributed by atoms with Crippen LogP contribution in [0.25, 0.3) is 0 Å². The molecule has 0 aliphatic rings. The molecule has 0 bridgehead atoms. The predicted molar refractivity (Wildman–Crippen MR) is 507 cm³/mol. The molecule has 44 heteroatoms. The second kappa shape index (κ2) is 78.8. The number of methoxy groups -OCH3 is 2. The van der Waals surface area contributed by atoms with Crippen molar-refractivity contribution < 1.29 is 182 Å². The largest absolute Gasteiger partial charge is 0.490 e. The van der Waals surface area contributed by atoms with Crippen molar-refractivity contribution in [3.05, 3.63) is 127 Å². The SMILES string of the molecule is C=CC(=O)OCCOC(=O)CCCCCOC.C=CC(=O)OCCOC(=O)CCCCCOC.C=CC(=O)OCCOC(=O)CCCCCOC(=O)CC(=O)NCCNC(=O)CC(C)=O.CC(=O)CC(=O)NCCNC(=O)CC(=O)OCCOc1ccc(C(=O)C(C)(C)O)cc1.CC(C)(C)C(=O)c1ccc(OCCOC(=O)CC(=O)NCCNC(=O)CC(=O)OCCOc2ccc(C(=O)C(C)(C)O)cc2)cc1. The fraction of sp³-hybridized carbons (Fsp3) is 0.541. The molecule has 790 valence electrons. The third kappa shape index (κ3) is 75.0. The highest BCUT2D eigenvalue weighted by molar-refractivity contribution is 6.03. The fourth-order valence-corrected chi connectivity index (χ4v) is 10.4. The van der Waals surface area contributed by atoms with Crippen LogP contribution in [0.4, 0.5) is 0 Å². The highest BCUT2D eigenvalue weighted by atomic mass is 16.6. The maximum Gasteiger partial charge on any atom is 0.330 e. The Morgan fingerprint density at radius 1 is 0.268 bits per heavy atom. The maximum atomic E-state index is 12.3. The predicted octanol–water partition coefficient (Wildman–Crippen LogP) is 5.48. The lowest BCUT2D eigenvalue weighted by molar-refractivity contribution is -0.150. The summed E-state index contributed by atoms with van der Waals surface area (Å²) in [6.45, 7) is 25.7. The van der Waals surface area contributed by atoms with E-state index in [-0.39, 0.29) is 174 Å². The number of carbonyl (C=O) groups excluding carboxylic acids is 21. The number of Topliss-reactive ketones (excluding diaryl/α,β-unsaturated/α-hetero) is 5. The van der Waals surface area contributed by atoms with Crippen molar-refractivity contribution >= 4 is 124 Å². The average molecular weight is 2010 g/mol. The summed E-state index contributed by atoms with van der Waals surface area (Å²) >= 11 is 0. The minimum absolute atomic E-state index is 0.0122. The summed E-state index contributed by atoms with van der Waals surface area (Å²) in [7, 11) is 3.30. The quantitative estimate of drug-likeness (QED) is 0.00865. The molecule has 3 aromatic carbocycles. The van der Waals surface area contributed by atoms with E-state index in [2.05, 4.69) is 65.8 Å². The van der Waals surface area contributed by atoms with Crippen molar-refractivity contribution in [3.63, 3.8) is 0 Å². The number of unbranched alkanes of at least 4 members (excludes halogenated alkanes) is 6. The molecule has 0 radical (unpaired) electrons. The van der Waals surface area contributed by atoms with Gasteiger partial charge in [0.2, 0.25) is 35.4 Å². The molecule has 3 rings (SSSR count). The Kier molecular flexibility index (Phi) is 72.1. The highest BCUT2D eigenvalue weighted by Gasteiger charge is 2.28. The van der Waals surface area contributed by atoms with E-state index < -0.39 is 137 Å². The molecule has 0 atom stereocenters. The zero-order chi connectivity index (χ0) is 107. The first-order chi connectivity index (χ1) is 67.2. The van der Waals surface area contributed by atoms with Gasteiger partial charge in [-0.1, -0.05) is 53.3 Å². The summed E-state index contributed by atoms with van der Waals surface area (Å²) in [5.41, 5.74) is -2.21. The Morgan fingerprint density at radius 3 is 0.704 bits per heavy atom. The molecule has 0 saturated carbocycles. The molecular weight excluding hydrogens is 1870 g/mol. The van der Waals surface area contributed by atoms with E-state index in [1.54, 1.807) is 62.8 Å². The Morgan fingerprint density at radius 2 is 0.479 bits per heavy atom. The third-order valence-corrected chi connectivity index (χ3v) is 17.4. The normalized spacial score (nSPS) is 10.4. The highest BCUT2D eigenvalue weighted by Crippen LogP contribution is 2.24. The number of carbonyl (C=O) groups is 21. The van der Waals surface area contributed by atoms with Crippen LogP contribution in [0.15, 0.2) is 111 Å². The molecule has 142 heavy (non-hydrogen) atoms. The lowest BCUT2D eigenvalue weighted by Crippen LogP contribution is -2.36. The first-order valence-electron chi connectivity index (χ1n) is 45.5. The summed E-state index contributed by atoms with van der Waals surface area (Å²) in [6.07, 6.45) is 8.75. The van der Waals surface area contributed by atoms with E-state index in [1.807, 2.05) is 20.8 Å². The zero-order valence-electron chi connectivity index (χ0n) is 83.0. The smallest absolute Gasteiger partial charge is 0.330 e. The van der Waals surface area contributed by atoms with Crippen molar-refractivity contribution in [3.8, 4) is 17.2 Å². The molecule has 0 fully saturated rings.